The number of hydrogen-bond acceptors (Lipinski definition) is 2. The molecule has 0 amide bonds. The molecule has 2 aromatic rings. The molecule has 0 fully saturated rings. The first kappa shape index (κ1) is 9.28. The molecule has 0 radical (unpaired) electrons. The van der Waals surface area contributed by atoms with E-state index in [2.05, 4.69) is 31.2 Å². The van der Waals surface area contributed by atoms with Gasteiger partial charge in [-0.1, -0.05) is 37.3 Å². The lowest BCUT2D eigenvalue weighted by molar-refractivity contribution is 1.16. The van der Waals surface area contributed by atoms with Gasteiger partial charge in [-0.2, -0.15) is 0 Å². The van der Waals surface area contributed by atoms with E-state index in [9.17, 15) is 0 Å². The predicted octanol–water partition coefficient (Wildman–Crippen LogP) is 3.56. The molecule has 1 aromatic heterocycles. The minimum Gasteiger partial charge on any atom is -0.398 e. The fourth-order valence-corrected chi connectivity index (χ4v) is 2.66. The van der Waals surface area contributed by atoms with Crippen LogP contribution in [0.15, 0.2) is 35.7 Å². The summed E-state index contributed by atoms with van der Waals surface area (Å²) in [5.41, 5.74) is 9.38. The summed E-state index contributed by atoms with van der Waals surface area (Å²) in [6, 6.07) is 10.4. The molecule has 14 heavy (non-hydrogen) atoms. The number of thiophene rings is 1. The van der Waals surface area contributed by atoms with Crippen LogP contribution in [0.4, 0.5) is 5.69 Å². The highest BCUT2D eigenvalue weighted by Gasteiger charge is 2.08. The van der Waals surface area contributed by atoms with Crippen molar-refractivity contribution in [3.63, 3.8) is 0 Å². The second-order valence-corrected chi connectivity index (χ2v) is 4.10. The van der Waals surface area contributed by atoms with Gasteiger partial charge >= 0.3 is 0 Å². The molecule has 0 aliphatic carbocycles. The van der Waals surface area contributed by atoms with Crippen LogP contribution >= 0.6 is 11.3 Å². The van der Waals surface area contributed by atoms with Crippen LogP contribution in [-0.2, 0) is 6.42 Å². The number of anilines is 1. The van der Waals surface area contributed by atoms with Crippen molar-refractivity contribution in [2.24, 2.45) is 0 Å². The van der Waals surface area contributed by atoms with Crippen LogP contribution in [-0.4, -0.2) is 0 Å². The summed E-state index contributed by atoms with van der Waals surface area (Å²) >= 11 is 1.73. The van der Waals surface area contributed by atoms with Gasteiger partial charge in [-0.15, -0.1) is 11.3 Å². The third-order valence-corrected chi connectivity index (χ3v) is 3.41. The summed E-state index contributed by atoms with van der Waals surface area (Å²) in [6.45, 7) is 2.14. The van der Waals surface area contributed by atoms with E-state index < -0.39 is 0 Å². The molecule has 1 nitrogen and oxygen atoms in total. The second kappa shape index (κ2) is 3.84. The van der Waals surface area contributed by atoms with Crippen LogP contribution in [0.5, 0.6) is 0 Å². The first-order valence-corrected chi connectivity index (χ1v) is 5.62. The minimum absolute atomic E-state index is 0.927. The van der Waals surface area contributed by atoms with E-state index in [4.69, 9.17) is 5.73 Å². The molecule has 0 saturated heterocycles. The molecule has 72 valence electrons. The van der Waals surface area contributed by atoms with Gasteiger partial charge in [0.15, 0.2) is 0 Å². The average molecular weight is 203 g/mol. The maximum absolute atomic E-state index is 5.90. The molecule has 1 aromatic carbocycles. The highest BCUT2D eigenvalue weighted by atomic mass is 32.1. The topological polar surface area (TPSA) is 26.0 Å². The zero-order valence-corrected chi connectivity index (χ0v) is 8.97. The van der Waals surface area contributed by atoms with Crippen LogP contribution in [0.1, 0.15) is 12.5 Å². The summed E-state index contributed by atoms with van der Waals surface area (Å²) in [4.78, 5) is 1.31. The highest BCUT2D eigenvalue weighted by molar-refractivity contribution is 7.14. The van der Waals surface area contributed by atoms with Gasteiger partial charge in [-0.05, 0) is 17.5 Å². The van der Waals surface area contributed by atoms with Crippen molar-refractivity contribution in [3.8, 4) is 10.4 Å². The van der Waals surface area contributed by atoms with Crippen LogP contribution < -0.4 is 5.73 Å². The second-order valence-electron chi connectivity index (χ2n) is 3.22. The quantitative estimate of drug-likeness (QED) is 0.793. The fourth-order valence-electron chi connectivity index (χ4n) is 1.59. The van der Waals surface area contributed by atoms with Gasteiger partial charge < -0.3 is 5.73 Å². The first-order valence-electron chi connectivity index (χ1n) is 4.74. The fraction of sp³-hybridized carbons (Fsp3) is 0.167. The maximum Gasteiger partial charge on any atom is 0.0461 e. The summed E-state index contributed by atoms with van der Waals surface area (Å²) < 4.78 is 0. The van der Waals surface area contributed by atoms with Gasteiger partial charge in [0.1, 0.15) is 0 Å². The smallest absolute Gasteiger partial charge is 0.0461 e. The van der Waals surface area contributed by atoms with Crippen LogP contribution in [0, 0.1) is 0 Å². The highest BCUT2D eigenvalue weighted by Crippen LogP contribution is 2.34. The van der Waals surface area contributed by atoms with Crippen molar-refractivity contribution in [3.05, 3.63) is 41.3 Å². The largest absolute Gasteiger partial charge is 0.398 e. The van der Waals surface area contributed by atoms with Crippen molar-refractivity contribution >= 4 is 17.0 Å². The van der Waals surface area contributed by atoms with Crippen molar-refractivity contribution in [2.45, 2.75) is 13.3 Å². The van der Waals surface area contributed by atoms with E-state index in [1.165, 1.54) is 16.0 Å². The molecule has 0 aliphatic rings. The third-order valence-electron chi connectivity index (χ3n) is 2.32. The van der Waals surface area contributed by atoms with Gasteiger partial charge in [0, 0.05) is 15.9 Å². The average Bonchev–Trinajstić information content (AvgIpc) is 2.61. The van der Waals surface area contributed by atoms with E-state index in [0.717, 1.165) is 12.1 Å². The van der Waals surface area contributed by atoms with Crippen molar-refractivity contribution in [1.29, 1.82) is 0 Å². The van der Waals surface area contributed by atoms with Crippen LogP contribution in [0.25, 0.3) is 10.4 Å². The first-order chi connectivity index (χ1) is 6.83. The SMILES string of the molecule is CCc1c(N)csc1-c1ccccc1. The summed E-state index contributed by atoms with van der Waals surface area (Å²) in [6.07, 6.45) is 1.000. The standard InChI is InChI=1S/C12H13NS/c1-2-10-11(13)8-14-12(10)9-6-4-3-5-7-9/h3-8H,2,13H2,1H3. The van der Waals surface area contributed by atoms with E-state index in [1.807, 2.05) is 11.4 Å². The number of hydrogen-bond donors (Lipinski definition) is 1. The van der Waals surface area contributed by atoms with Gasteiger partial charge in [-0.3, -0.25) is 0 Å². The molecule has 1 heterocycles. The third kappa shape index (κ3) is 1.53. The normalized spacial score (nSPS) is 10.4. The Morgan fingerprint density at radius 1 is 1.21 bits per heavy atom. The number of nitrogens with two attached hydrogens (primary N) is 1. The Balaban J connectivity index is 2.52. The van der Waals surface area contributed by atoms with Gasteiger partial charge in [0.2, 0.25) is 0 Å². The van der Waals surface area contributed by atoms with Crippen molar-refractivity contribution in [1.82, 2.24) is 0 Å². The molecule has 0 spiro atoms. The Kier molecular flexibility index (Phi) is 2.55. The van der Waals surface area contributed by atoms with Gasteiger partial charge in [0.05, 0.1) is 0 Å². The molecule has 0 bridgehead atoms. The molecular weight excluding hydrogens is 190 g/mol. The van der Waals surface area contributed by atoms with Crippen molar-refractivity contribution < 1.29 is 0 Å². The number of benzene rings is 1. The monoisotopic (exact) mass is 203 g/mol. The molecule has 0 atom stereocenters. The molecule has 2 N–H and O–H groups in total. The van der Waals surface area contributed by atoms with E-state index in [1.54, 1.807) is 11.3 Å². The molecule has 0 unspecified atom stereocenters. The van der Waals surface area contributed by atoms with Crippen LogP contribution in [0.3, 0.4) is 0 Å². The van der Waals surface area contributed by atoms with Gasteiger partial charge in [-0.25, -0.2) is 0 Å². The number of nitrogen functional groups attached to an aromatic ring is 1. The summed E-state index contributed by atoms with van der Waals surface area (Å²) in [7, 11) is 0. The van der Waals surface area contributed by atoms with E-state index in [-0.39, 0.29) is 0 Å². The Morgan fingerprint density at radius 3 is 2.57 bits per heavy atom. The minimum atomic E-state index is 0.927. The zero-order chi connectivity index (χ0) is 9.97. The molecule has 0 aliphatic heterocycles. The lowest BCUT2D eigenvalue weighted by Crippen LogP contribution is -1.88. The van der Waals surface area contributed by atoms with Crippen molar-refractivity contribution in [2.75, 3.05) is 5.73 Å². The Bertz CT molecular complexity index is 417. The zero-order valence-electron chi connectivity index (χ0n) is 8.16. The Morgan fingerprint density at radius 2 is 1.93 bits per heavy atom. The number of rotatable bonds is 2. The maximum atomic E-state index is 5.90. The molecule has 2 heteroatoms. The lowest BCUT2D eigenvalue weighted by atomic mass is 10.1. The molecule has 0 saturated carbocycles. The van der Waals surface area contributed by atoms with Crippen LogP contribution in [0.2, 0.25) is 0 Å². The predicted molar refractivity (Wildman–Crippen MR) is 63.5 cm³/mol. The summed E-state index contributed by atoms with van der Waals surface area (Å²) in [5.74, 6) is 0. The Labute approximate surface area is 88.2 Å². The van der Waals surface area contributed by atoms with E-state index >= 15 is 0 Å². The molecule has 2 rings (SSSR count). The van der Waals surface area contributed by atoms with Gasteiger partial charge in [0.25, 0.3) is 0 Å². The summed E-state index contributed by atoms with van der Waals surface area (Å²) in [5, 5.41) is 2.03. The lowest BCUT2D eigenvalue weighted by Gasteiger charge is -2.01. The van der Waals surface area contributed by atoms with E-state index in [0.29, 0.717) is 0 Å². The molecular formula is C12H13NS. The Hall–Kier alpha value is -1.28.